The van der Waals surface area contributed by atoms with Crippen molar-refractivity contribution in [3.05, 3.63) is 88.0 Å². The van der Waals surface area contributed by atoms with Crippen LogP contribution in [-0.2, 0) is 0 Å². The van der Waals surface area contributed by atoms with Crippen LogP contribution in [-0.4, -0.2) is 15.7 Å². The maximum absolute atomic E-state index is 12.5. The predicted molar refractivity (Wildman–Crippen MR) is 103 cm³/mol. The number of nitrogens with zero attached hydrogens (tertiary/aromatic N) is 2. The average Bonchev–Trinajstić information content (AvgIpc) is 3.00. The molecule has 0 aliphatic heterocycles. The smallest absolute Gasteiger partial charge is 0.336 e. The van der Waals surface area contributed by atoms with Crippen molar-refractivity contribution < 1.29 is 9.21 Å². The van der Waals surface area contributed by atoms with E-state index in [2.05, 4.69) is 10.4 Å². The van der Waals surface area contributed by atoms with Gasteiger partial charge in [0.25, 0.3) is 5.91 Å². The van der Waals surface area contributed by atoms with Gasteiger partial charge in [-0.15, -0.1) is 0 Å². The van der Waals surface area contributed by atoms with E-state index in [9.17, 15) is 9.59 Å². The third kappa shape index (κ3) is 3.37. The number of rotatable bonds is 3. The summed E-state index contributed by atoms with van der Waals surface area (Å²) in [7, 11) is 0. The van der Waals surface area contributed by atoms with Gasteiger partial charge in [-0.1, -0.05) is 0 Å². The number of carbonyl (C=O) groups is 1. The van der Waals surface area contributed by atoms with Gasteiger partial charge >= 0.3 is 5.63 Å². The lowest BCUT2D eigenvalue weighted by atomic mass is 10.1. The molecule has 0 saturated heterocycles. The molecule has 0 bridgehead atoms. The minimum absolute atomic E-state index is 0.216. The van der Waals surface area contributed by atoms with Crippen molar-refractivity contribution in [3.8, 4) is 5.69 Å². The first-order valence-corrected chi connectivity index (χ1v) is 8.48. The van der Waals surface area contributed by atoms with Crippen molar-refractivity contribution in [2.75, 3.05) is 5.32 Å². The Morgan fingerprint density at radius 2 is 1.78 bits per heavy atom. The Balaban J connectivity index is 1.55. The fourth-order valence-corrected chi connectivity index (χ4v) is 3.00. The molecule has 0 aliphatic rings. The van der Waals surface area contributed by atoms with Crippen LogP contribution < -0.4 is 10.9 Å². The lowest BCUT2D eigenvalue weighted by molar-refractivity contribution is 0.102. The quantitative estimate of drug-likeness (QED) is 0.564. The van der Waals surface area contributed by atoms with E-state index in [-0.39, 0.29) is 5.91 Å². The first-order chi connectivity index (χ1) is 13.0. The van der Waals surface area contributed by atoms with E-state index in [1.807, 2.05) is 36.7 Å². The standard InChI is InChI=1S/C21H17N3O3/c1-13-11-14(2)24(23-13)18-7-3-15(4-8-18)21(26)22-17-6-9-19-16(12-17)5-10-20(25)27-19/h3-12H,1-2H3,(H,22,26). The summed E-state index contributed by atoms with van der Waals surface area (Å²) in [6, 6.07) is 17.4. The zero-order chi connectivity index (χ0) is 19.0. The molecule has 0 saturated carbocycles. The van der Waals surface area contributed by atoms with Gasteiger partial charge in [-0.3, -0.25) is 4.79 Å². The number of benzene rings is 2. The number of nitrogens with one attached hydrogen (secondary N) is 1. The Bertz CT molecular complexity index is 1200. The van der Waals surface area contributed by atoms with Crippen LogP contribution in [0, 0.1) is 13.8 Å². The van der Waals surface area contributed by atoms with Gasteiger partial charge in [-0.2, -0.15) is 5.10 Å². The van der Waals surface area contributed by atoms with E-state index >= 15 is 0 Å². The molecule has 1 N–H and O–H groups in total. The Hall–Kier alpha value is -3.67. The van der Waals surface area contributed by atoms with E-state index in [4.69, 9.17) is 4.42 Å². The number of aromatic nitrogens is 2. The molecule has 0 spiro atoms. The zero-order valence-corrected chi connectivity index (χ0v) is 14.9. The number of hydrogen-bond donors (Lipinski definition) is 1. The largest absolute Gasteiger partial charge is 0.423 e. The molecule has 134 valence electrons. The highest BCUT2D eigenvalue weighted by Crippen LogP contribution is 2.19. The van der Waals surface area contributed by atoms with E-state index < -0.39 is 5.63 Å². The fourth-order valence-electron chi connectivity index (χ4n) is 3.00. The van der Waals surface area contributed by atoms with E-state index in [1.165, 1.54) is 6.07 Å². The van der Waals surface area contributed by atoms with Gasteiger partial charge < -0.3 is 9.73 Å². The van der Waals surface area contributed by atoms with E-state index in [0.717, 1.165) is 22.5 Å². The van der Waals surface area contributed by atoms with Gasteiger partial charge in [-0.25, -0.2) is 9.48 Å². The van der Waals surface area contributed by atoms with Crippen molar-refractivity contribution in [1.82, 2.24) is 9.78 Å². The van der Waals surface area contributed by atoms with Crippen LogP contribution in [0.3, 0.4) is 0 Å². The van der Waals surface area contributed by atoms with Gasteiger partial charge in [0.15, 0.2) is 0 Å². The molecule has 4 aromatic rings. The highest BCUT2D eigenvalue weighted by Gasteiger charge is 2.09. The Morgan fingerprint density at radius 3 is 2.48 bits per heavy atom. The van der Waals surface area contributed by atoms with Crippen LogP contribution in [0.2, 0.25) is 0 Å². The predicted octanol–water partition coefficient (Wildman–Crippen LogP) is 3.85. The van der Waals surface area contributed by atoms with Crippen LogP contribution in [0.1, 0.15) is 21.7 Å². The summed E-state index contributed by atoms with van der Waals surface area (Å²) >= 11 is 0. The van der Waals surface area contributed by atoms with Crippen molar-refractivity contribution in [2.24, 2.45) is 0 Å². The second kappa shape index (κ2) is 6.57. The lowest BCUT2D eigenvalue weighted by Crippen LogP contribution is -2.12. The van der Waals surface area contributed by atoms with Gasteiger partial charge in [0.05, 0.1) is 11.4 Å². The summed E-state index contributed by atoms with van der Waals surface area (Å²) in [5, 5.41) is 8.04. The second-order valence-electron chi connectivity index (χ2n) is 6.35. The molecule has 27 heavy (non-hydrogen) atoms. The lowest BCUT2D eigenvalue weighted by Gasteiger charge is -2.08. The SMILES string of the molecule is Cc1cc(C)n(-c2ccc(C(=O)Nc3ccc4oc(=O)ccc4c3)cc2)n1. The molecule has 0 radical (unpaired) electrons. The van der Waals surface area contributed by atoms with Crippen molar-refractivity contribution in [3.63, 3.8) is 0 Å². The molecule has 1 amide bonds. The van der Waals surface area contributed by atoms with Crippen molar-refractivity contribution in [1.29, 1.82) is 0 Å². The highest BCUT2D eigenvalue weighted by atomic mass is 16.4. The molecule has 0 atom stereocenters. The molecule has 6 heteroatoms. The van der Waals surface area contributed by atoms with Crippen LogP contribution >= 0.6 is 0 Å². The Labute approximate surface area is 155 Å². The summed E-state index contributed by atoms with van der Waals surface area (Å²) in [5.74, 6) is -0.216. The Morgan fingerprint density at radius 1 is 1.00 bits per heavy atom. The summed E-state index contributed by atoms with van der Waals surface area (Å²) in [5.41, 5.74) is 4.13. The number of hydrogen-bond acceptors (Lipinski definition) is 4. The summed E-state index contributed by atoms with van der Waals surface area (Å²) in [4.78, 5) is 23.8. The van der Waals surface area contributed by atoms with Gasteiger partial charge in [0.2, 0.25) is 0 Å². The van der Waals surface area contributed by atoms with Gasteiger partial charge in [-0.05, 0) is 68.4 Å². The molecule has 2 aromatic heterocycles. The fraction of sp³-hybridized carbons (Fsp3) is 0.0952. The van der Waals surface area contributed by atoms with Crippen molar-refractivity contribution in [2.45, 2.75) is 13.8 Å². The average molecular weight is 359 g/mol. The van der Waals surface area contributed by atoms with Gasteiger partial charge in [0.1, 0.15) is 5.58 Å². The van der Waals surface area contributed by atoms with E-state index in [0.29, 0.717) is 16.8 Å². The molecule has 4 rings (SSSR count). The number of fused-ring (bicyclic) bond motifs is 1. The monoisotopic (exact) mass is 359 g/mol. The van der Waals surface area contributed by atoms with Crippen LogP contribution in [0.15, 0.2) is 69.9 Å². The molecule has 2 aromatic carbocycles. The minimum Gasteiger partial charge on any atom is -0.423 e. The Kier molecular flexibility index (Phi) is 4.08. The molecular formula is C21H17N3O3. The zero-order valence-electron chi connectivity index (χ0n) is 14.9. The number of carbonyl (C=O) groups excluding carboxylic acids is 1. The first-order valence-electron chi connectivity index (χ1n) is 8.48. The maximum atomic E-state index is 12.5. The molecule has 0 aliphatic carbocycles. The molecule has 2 heterocycles. The summed E-state index contributed by atoms with van der Waals surface area (Å²) in [6.45, 7) is 3.93. The topological polar surface area (TPSA) is 77.1 Å². The van der Waals surface area contributed by atoms with E-state index in [1.54, 1.807) is 36.4 Å². The van der Waals surface area contributed by atoms with Crippen LogP contribution in [0.5, 0.6) is 0 Å². The second-order valence-corrected chi connectivity index (χ2v) is 6.35. The third-order valence-electron chi connectivity index (χ3n) is 4.26. The molecule has 0 unspecified atom stereocenters. The van der Waals surface area contributed by atoms with Crippen molar-refractivity contribution >= 4 is 22.6 Å². The minimum atomic E-state index is -0.401. The first kappa shape index (κ1) is 16.8. The summed E-state index contributed by atoms with van der Waals surface area (Å²) in [6.07, 6.45) is 0. The number of amides is 1. The van der Waals surface area contributed by atoms with Crippen LogP contribution in [0.4, 0.5) is 5.69 Å². The summed E-state index contributed by atoms with van der Waals surface area (Å²) < 4.78 is 6.94. The number of aryl methyl sites for hydroxylation is 2. The molecule has 0 fully saturated rings. The molecule has 6 nitrogen and oxygen atoms in total. The highest BCUT2D eigenvalue weighted by molar-refractivity contribution is 6.05. The third-order valence-corrected chi connectivity index (χ3v) is 4.26. The van der Waals surface area contributed by atoms with Crippen LogP contribution in [0.25, 0.3) is 16.7 Å². The number of anilines is 1. The maximum Gasteiger partial charge on any atom is 0.336 e. The normalized spacial score (nSPS) is 10.9. The van der Waals surface area contributed by atoms with Gasteiger partial charge in [0, 0.05) is 28.4 Å². The molecular weight excluding hydrogens is 342 g/mol.